The van der Waals surface area contributed by atoms with E-state index in [0.717, 1.165) is 22.6 Å². The lowest BCUT2D eigenvalue weighted by Crippen LogP contribution is -2.32. The number of hydrogen-bond donors (Lipinski definition) is 1. The van der Waals surface area contributed by atoms with E-state index in [4.69, 9.17) is 4.74 Å². The highest BCUT2D eigenvalue weighted by molar-refractivity contribution is 5.95. The van der Waals surface area contributed by atoms with Crippen LogP contribution in [0.25, 0.3) is 0 Å². The molecule has 0 aliphatic carbocycles. The standard InChI is InChI=1S/C20H21F3N2O3/c1-13-7-8-18(28-3)17(11-13)24-19(27)9-10-25(14(2)26)16-6-4-5-15(12-16)20(21,22)23/h4-8,11-12H,9-10H2,1-3H3,(H,24,27). The molecule has 150 valence electrons. The Morgan fingerprint density at radius 1 is 1.14 bits per heavy atom. The zero-order valence-corrected chi connectivity index (χ0v) is 15.8. The normalized spacial score (nSPS) is 11.1. The number of benzene rings is 2. The first-order valence-corrected chi connectivity index (χ1v) is 8.51. The highest BCUT2D eigenvalue weighted by Gasteiger charge is 2.31. The summed E-state index contributed by atoms with van der Waals surface area (Å²) >= 11 is 0. The number of amides is 2. The number of nitrogens with one attached hydrogen (secondary N) is 1. The minimum Gasteiger partial charge on any atom is -0.495 e. The quantitative estimate of drug-likeness (QED) is 0.790. The van der Waals surface area contributed by atoms with Crippen molar-refractivity contribution >= 4 is 23.2 Å². The number of aryl methyl sites for hydroxylation is 1. The maximum atomic E-state index is 12.9. The SMILES string of the molecule is COc1ccc(C)cc1NC(=O)CCN(C(C)=O)c1cccc(C(F)(F)F)c1. The number of nitrogens with zero attached hydrogens (tertiary/aromatic N) is 1. The largest absolute Gasteiger partial charge is 0.495 e. The van der Waals surface area contributed by atoms with Crippen LogP contribution in [-0.2, 0) is 15.8 Å². The molecule has 0 atom stereocenters. The predicted molar refractivity (Wildman–Crippen MR) is 100 cm³/mol. The lowest BCUT2D eigenvalue weighted by molar-refractivity contribution is -0.137. The average Bonchev–Trinajstić information content (AvgIpc) is 2.61. The van der Waals surface area contributed by atoms with Crippen LogP contribution in [0.5, 0.6) is 5.75 Å². The van der Waals surface area contributed by atoms with E-state index in [1.54, 1.807) is 12.1 Å². The molecule has 0 saturated heterocycles. The predicted octanol–water partition coefficient (Wildman–Crippen LogP) is 4.40. The molecule has 0 aromatic heterocycles. The highest BCUT2D eigenvalue weighted by atomic mass is 19.4. The summed E-state index contributed by atoms with van der Waals surface area (Å²) in [6, 6.07) is 9.74. The number of carbonyl (C=O) groups is 2. The van der Waals surface area contributed by atoms with Gasteiger partial charge in [0.15, 0.2) is 0 Å². The van der Waals surface area contributed by atoms with Gasteiger partial charge in [-0.15, -0.1) is 0 Å². The van der Waals surface area contributed by atoms with E-state index in [1.165, 1.54) is 26.2 Å². The maximum absolute atomic E-state index is 12.9. The Balaban J connectivity index is 2.11. The van der Waals surface area contributed by atoms with Crippen molar-refractivity contribution in [2.75, 3.05) is 23.9 Å². The first-order chi connectivity index (χ1) is 13.1. The second-order valence-electron chi connectivity index (χ2n) is 6.22. The molecule has 2 aromatic rings. The van der Waals surface area contributed by atoms with Crippen LogP contribution < -0.4 is 15.0 Å². The second-order valence-corrected chi connectivity index (χ2v) is 6.22. The Bertz CT molecular complexity index is 866. The van der Waals surface area contributed by atoms with Crippen molar-refractivity contribution < 1.29 is 27.5 Å². The number of rotatable bonds is 6. The highest BCUT2D eigenvalue weighted by Crippen LogP contribution is 2.32. The monoisotopic (exact) mass is 394 g/mol. The summed E-state index contributed by atoms with van der Waals surface area (Å²) in [6.45, 7) is 3.04. The van der Waals surface area contributed by atoms with Gasteiger partial charge in [-0.2, -0.15) is 13.2 Å². The van der Waals surface area contributed by atoms with Gasteiger partial charge < -0.3 is 15.0 Å². The third kappa shape index (κ3) is 5.48. The number of ether oxygens (including phenoxy) is 1. The van der Waals surface area contributed by atoms with Crippen molar-refractivity contribution in [2.45, 2.75) is 26.4 Å². The Kier molecular flexibility index (Phi) is 6.66. The molecular formula is C20H21F3N2O3. The van der Waals surface area contributed by atoms with Crippen molar-refractivity contribution in [3.8, 4) is 5.75 Å². The molecule has 0 bridgehead atoms. The van der Waals surface area contributed by atoms with Gasteiger partial charge in [0, 0.05) is 25.6 Å². The van der Waals surface area contributed by atoms with Gasteiger partial charge in [0.1, 0.15) is 5.75 Å². The van der Waals surface area contributed by atoms with Crippen LogP contribution in [0.15, 0.2) is 42.5 Å². The van der Waals surface area contributed by atoms with E-state index in [0.29, 0.717) is 11.4 Å². The van der Waals surface area contributed by atoms with Gasteiger partial charge in [-0.1, -0.05) is 12.1 Å². The summed E-state index contributed by atoms with van der Waals surface area (Å²) in [4.78, 5) is 25.3. The van der Waals surface area contributed by atoms with Crippen molar-refractivity contribution in [1.29, 1.82) is 0 Å². The van der Waals surface area contributed by atoms with E-state index >= 15 is 0 Å². The molecule has 0 saturated carbocycles. The molecule has 2 aromatic carbocycles. The molecule has 28 heavy (non-hydrogen) atoms. The van der Waals surface area contributed by atoms with Crippen LogP contribution in [0.2, 0.25) is 0 Å². The third-order valence-corrected chi connectivity index (χ3v) is 4.06. The summed E-state index contributed by atoms with van der Waals surface area (Å²) in [6.07, 6.45) is -4.61. The van der Waals surface area contributed by atoms with E-state index in [-0.39, 0.29) is 24.6 Å². The molecule has 5 nitrogen and oxygen atoms in total. The summed E-state index contributed by atoms with van der Waals surface area (Å²) in [5.74, 6) is -0.359. The number of carbonyl (C=O) groups excluding carboxylic acids is 2. The van der Waals surface area contributed by atoms with Crippen LogP contribution in [0, 0.1) is 6.92 Å². The summed E-state index contributed by atoms with van der Waals surface area (Å²) in [5, 5.41) is 2.70. The van der Waals surface area contributed by atoms with Crippen LogP contribution in [0.3, 0.4) is 0 Å². The number of alkyl halides is 3. The molecule has 0 spiro atoms. The summed E-state index contributed by atoms with van der Waals surface area (Å²) < 4.78 is 43.9. The van der Waals surface area contributed by atoms with Crippen molar-refractivity contribution in [3.05, 3.63) is 53.6 Å². The lowest BCUT2D eigenvalue weighted by Gasteiger charge is -2.22. The number of anilines is 2. The smallest absolute Gasteiger partial charge is 0.416 e. The molecule has 0 aliphatic rings. The molecule has 2 amide bonds. The van der Waals surface area contributed by atoms with Gasteiger partial charge in [0.2, 0.25) is 11.8 Å². The molecular weight excluding hydrogens is 373 g/mol. The average molecular weight is 394 g/mol. The molecule has 0 unspecified atom stereocenters. The second kappa shape index (κ2) is 8.77. The van der Waals surface area contributed by atoms with Crippen molar-refractivity contribution in [2.24, 2.45) is 0 Å². The van der Waals surface area contributed by atoms with Gasteiger partial charge in [-0.25, -0.2) is 0 Å². The lowest BCUT2D eigenvalue weighted by atomic mass is 10.1. The van der Waals surface area contributed by atoms with E-state index in [2.05, 4.69) is 5.32 Å². The van der Waals surface area contributed by atoms with Gasteiger partial charge in [0.05, 0.1) is 18.4 Å². The zero-order chi connectivity index (χ0) is 20.9. The van der Waals surface area contributed by atoms with Crippen molar-refractivity contribution in [3.63, 3.8) is 0 Å². The topological polar surface area (TPSA) is 58.6 Å². The van der Waals surface area contributed by atoms with Crippen molar-refractivity contribution in [1.82, 2.24) is 0 Å². The van der Waals surface area contributed by atoms with Crippen LogP contribution in [0.4, 0.5) is 24.5 Å². The Hall–Kier alpha value is -3.03. The van der Waals surface area contributed by atoms with Gasteiger partial charge >= 0.3 is 6.18 Å². The molecule has 8 heteroatoms. The first-order valence-electron chi connectivity index (χ1n) is 8.51. The molecule has 0 aliphatic heterocycles. The number of hydrogen-bond acceptors (Lipinski definition) is 3. The summed E-state index contributed by atoms with van der Waals surface area (Å²) in [7, 11) is 1.48. The maximum Gasteiger partial charge on any atom is 0.416 e. The van der Waals surface area contributed by atoms with Gasteiger partial charge in [-0.3, -0.25) is 9.59 Å². The van der Waals surface area contributed by atoms with E-state index in [9.17, 15) is 22.8 Å². The fourth-order valence-corrected chi connectivity index (χ4v) is 2.66. The minimum atomic E-state index is -4.52. The number of halogens is 3. The van der Waals surface area contributed by atoms with Gasteiger partial charge in [0.25, 0.3) is 0 Å². The van der Waals surface area contributed by atoms with Crippen LogP contribution in [-0.4, -0.2) is 25.5 Å². The Morgan fingerprint density at radius 2 is 1.86 bits per heavy atom. The molecule has 1 N–H and O–H groups in total. The summed E-state index contributed by atoms with van der Waals surface area (Å²) in [5.41, 5.74) is 0.639. The molecule has 0 radical (unpaired) electrons. The molecule has 0 heterocycles. The Labute approximate surface area is 161 Å². The third-order valence-electron chi connectivity index (χ3n) is 4.06. The molecule has 2 rings (SSSR count). The fraction of sp³-hybridized carbons (Fsp3) is 0.300. The molecule has 0 fully saturated rings. The Morgan fingerprint density at radius 3 is 2.46 bits per heavy atom. The van der Waals surface area contributed by atoms with E-state index < -0.39 is 17.6 Å². The fourth-order valence-electron chi connectivity index (χ4n) is 2.66. The van der Waals surface area contributed by atoms with Crippen LogP contribution >= 0.6 is 0 Å². The van der Waals surface area contributed by atoms with Crippen LogP contribution in [0.1, 0.15) is 24.5 Å². The zero-order valence-electron chi connectivity index (χ0n) is 15.8. The first kappa shape index (κ1) is 21.3. The minimum absolute atomic E-state index is 0.0589. The van der Waals surface area contributed by atoms with E-state index in [1.807, 2.05) is 13.0 Å². The van der Waals surface area contributed by atoms with Gasteiger partial charge in [-0.05, 0) is 42.8 Å². The number of methoxy groups -OCH3 is 1.